The molecule has 3 aromatic rings. The molecule has 1 amide bonds. The van der Waals surface area contributed by atoms with Gasteiger partial charge in [-0.3, -0.25) is 4.79 Å². The van der Waals surface area contributed by atoms with Gasteiger partial charge in [-0.1, -0.05) is 5.16 Å². The fourth-order valence-electron chi connectivity index (χ4n) is 3.39. The van der Waals surface area contributed by atoms with E-state index in [2.05, 4.69) is 10.1 Å². The van der Waals surface area contributed by atoms with Gasteiger partial charge in [0.05, 0.1) is 7.11 Å². The predicted molar refractivity (Wildman–Crippen MR) is 102 cm³/mol. The van der Waals surface area contributed by atoms with E-state index < -0.39 is 0 Å². The molecule has 2 heterocycles. The van der Waals surface area contributed by atoms with E-state index in [0.29, 0.717) is 24.7 Å². The lowest BCUT2D eigenvalue weighted by Gasteiger charge is -2.29. The number of carbonyl (C=O) groups excluding carboxylic acids is 1. The molecule has 0 fully saturated rings. The van der Waals surface area contributed by atoms with Crippen molar-refractivity contribution in [3.63, 3.8) is 0 Å². The van der Waals surface area contributed by atoms with E-state index in [-0.39, 0.29) is 18.1 Å². The van der Waals surface area contributed by atoms with Crippen LogP contribution in [0.15, 0.2) is 47.0 Å². The third-order valence-corrected chi connectivity index (χ3v) is 4.83. The molecule has 7 heteroatoms. The van der Waals surface area contributed by atoms with Gasteiger partial charge in [0.25, 0.3) is 0 Å². The van der Waals surface area contributed by atoms with E-state index in [9.17, 15) is 9.18 Å². The lowest BCUT2D eigenvalue weighted by atomic mass is 10.0. The second kappa shape index (κ2) is 7.80. The van der Waals surface area contributed by atoms with Crippen LogP contribution in [-0.2, 0) is 17.6 Å². The first-order valence-corrected chi connectivity index (χ1v) is 9.20. The molecule has 4 rings (SSSR count). The topological polar surface area (TPSA) is 68.5 Å². The number of benzene rings is 2. The number of hydrogen-bond acceptors (Lipinski definition) is 5. The Morgan fingerprint density at radius 2 is 2.07 bits per heavy atom. The van der Waals surface area contributed by atoms with Gasteiger partial charge in [-0.05, 0) is 60.9 Å². The fraction of sp³-hybridized carbons (Fsp3) is 0.286. The molecule has 0 spiro atoms. The number of nitrogens with zero attached hydrogens (tertiary/aromatic N) is 3. The average molecular weight is 381 g/mol. The Kier molecular flexibility index (Phi) is 5.06. The minimum Gasteiger partial charge on any atom is -0.497 e. The number of rotatable bonds is 5. The van der Waals surface area contributed by atoms with Crippen LogP contribution in [0.25, 0.3) is 11.4 Å². The maximum atomic E-state index is 13.4. The van der Waals surface area contributed by atoms with Crippen molar-refractivity contribution in [1.29, 1.82) is 0 Å². The Bertz CT molecular complexity index is 985. The second-order valence-electron chi connectivity index (χ2n) is 6.66. The molecular formula is C21H20FN3O3. The normalized spacial score (nSPS) is 13.3. The van der Waals surface area contributed by atoms with Crippen molar-refractivity contribution in [2.24, 2.45) is 0 Å². The smallest absolute Gasteiger partial charge is 0.227 e. The molecule has 0 N–H and O–H groups in total. The highest BCUT2D eigenvalue weighted by Crippen LogP contribution is 2.28. The molecule has 1 aliphatic heterocycles. The molecule has 0 radical (unpaired) electrons. The maximum absolute atomic E-state index is 13.4. The highest BCUT2D eigenvalue weighted by molar-refractivity contribution is 5.94. The van der Waals surface area contributed by atoms with Gasteiger partial charge >= 0.3 is 0 Å². The van der Waals surface area contributed by atoms with Gasteiger partial charge in [-0.2, -0.15) is 4.98 Å². The molecule has 0 unspecified atom stereocenters. The zero-order chi connectivity index (χ0) is 19.5. The van der Waals surface area contributed by atoms with Gasteiger partial charge in [0, 0.05) is 30.6 Å². The Morgan fingerprint density at radius 3 is 2.86 bits per heavy atom. The molecule has 0 aliphatic carbocycles. The highest BCUT2D eigenvalue weighted by atomic mass is 19.1. The van der Waals surface area contributed by atoms with E-state index >= 15 is 0 Å². The number of amides is 1. The summed E-state index contributed by atoms with van der Waals surface area (Å²) < 4.78 is 23.9. The number of ether oxygens (including phenoxy) is 1. The summed E-state index contributed by atoms with van der Waals surface area (Å²) in [7, 11) is 1.61. The van der Waals surface area contributed by atoms with Crippen molar-refractivity contribution >= 4 is 11.6 Å². The van der Waals surface area contributed by atoms with Crippen molar-refractivity contribution in [3.8, 4) is 17.1 Å². The number of carbonyl (C=O) groups is 1. The predicted octanol–water partition coefficient (Wildman–Crippen LogP) is 3.80. The fourth-order valence-corrected chi connectivity index (χ4v) is 3.39. The standard InChI is InChI=1S/C21H20FN3O3/c1-27-17-7-4-14(5-8-17)21-23-19(28-24-21)10-11-20(26)25-12-2-3-15-13-16(22)6-9-18(15)25/h4-9,13H,2-3,10-12H2,1H3. The van der Waals surface area contributed by atoms with Crippen LogP contribution in [0.2, 0.25) is 0 Å². The van der Waals surface area contributed by atoms with E-state index in [1.54, 1.807) is 18.1 Å². The zero-order valence-electron chi connectivity index (χ0n) is 15.5. The number of aryl methyl sites for hydroxylation is 2. The van der Waals surface area contributed by atoms with Crippen LogP contribution in [0.1, 0.15) is 24.3 Å². The summed E-state index contributed by atoms with van der Waals surface area (Å²) in [6.07, 6.45) is 2.21. The first-order valence-electron chi connectivity index (χ1n) is 9.20. The molecule has 0 saturated heterocycles. The Balaban J connectivity index is 1.41. The maximum Gasteiger partial charge on any atom is 0.227 e. The SMILES string of the molecule is COc1ccc(-c2noc(CCC(=O)N3CCCc4cc(F)ccc43)n2)cc1. The monoisotopic (exact) mass is 381 g/mol. The third-order valence-electron chi connectivity index (χ3n) is 4.83. The molecule has 0 bridgehead atoms. The van der Waals surface area contributed by atoms with Crippen molar-refractivity contribution in [1.82, 2.24) is 10.1 Å². The van der Waals surface area contributed by atoms with Crippen molar-refractivity contribution < 1.29 is 18.4 Å². The van der Waals surface area contributed by atoms with Crippen LogP contribution in [0.4, 0.5) is 10.1 Å². The van der Waals surface area contributed by atoms with Crippen LogP contribution in [-0.4, -0.2) is 29.7 Å². The summed E-state index contributed by atoms with van der Waals surface area (Å²) >= 11 is 0. The first-order chi connectivity index (χ1) is 13.6. The number of hydrogen-bond donors (Lipinski definition) is 0. The molecular weight excluding hydrogens is 361 g/mol. The Labute approximate surface area is 161 Å². The molecule has 144 valence electrons. The number of anilines is 1. The minimum atomic E-state index is -0.273. The van der Waals surface area contributed by atoms with Gasteiger partial charge in [-0.15, -0.1) is 0 Å². The quantitative estimate of drug-likeness (QED) is 0.672. The average Bonchev–Trinajstić information content (AvgIpc) is 3.20. The highest BCUT2D eigenvalue weighted by Gasteiger charge is 2.23. The summed E-state index contributed by atoms with van der Waals surface area (Å²) in [4.78, 5) is 18.8. The Hall–Kier alpha value is -3.22. The lowest BCUT2D eigenvalue weighted by molar-refractivity contribution is -0.118. The van der Waals surface area contributed by atoms with E-state index in [1.807, 2.05) is 24.3 Å². The van der Waals surface area contributed by atoms with Gasteiger partial charge in [-0.25, -0.2) is 4.39 Å². The van der Waals surface area contributed by atoms with Crippen LogP contribution in [0.3, 0.4) is 0 Å². The summed E-state index contributed by atoms with van der Waals surface area (Å²) in [5.74, 6) is 1.33. The van der Waals surface area contributed by atoms with Gasteiger partial charge < -0.3 is 14.2 Å². The van der Waals surface area contributed by atoms with Crippen LogP contribution in [0.5, 0.6) is 5.75 Å². The summed E-state index contributed by atoms with van der Waals surface area (Å²) in [5.41, 5.74) is 2.48. The van der Waals surface area contributed by atoms with Crippen molar-refractivity contribution in [2.45, 2.75) is 25.7 Å². The number of halogens is 1. The van der Waals surface area contributed by atoms with Crippen molar-refractivity contribution in [2.75, 3.05) is 18.6 Å². The Morgan fingerprint density at radius 1 is 1.25 bits per heavy atom. The summed E-state index contributed by atoms with van der Waals surface area (Å²) in [6, 6.07) is 11.9. The molecule has 1 aromatic heterocycles. The van der Waals surface area contributed by atoms with Gasteiger partial charge in [0.2, 0.25) is 17.6 Å². The van der Waals surface area contributed by atoms with E-state index in [4.69, 9.17) is 9.26 Å². The van der Waals surface area contributed by atoms with Crippen LogP contribution >= 0.6 is 0 Å². The van der Waals surface area contributed by atoms with Gasteiger partial charge in [0.1, 0.15) is 11.6 Å². The van der Waals surface area contributed by atoms with E-state index in [0.717, 1.165) is 35.4 Å². The minimum absolute atomic E-state index is 0.0308. The van der Waals surface area contributed by atoms with Gasteiger partial charge in [0.15, 0.2) is 0 Å². The number of aromatic nitrogens is 2. The summed E-state index contributed by atoms with van der Waals surface area (Å²) in [5, 5.41) is 3.98. The molecule has 0 saturated carbocycles. The lowest BCUT2D eigenvalue weighted by Crippen LogP contribution is -2.35. The van der Waals surface area contributed by atoms with Crippen LogP contribution in [0, 0.1) is 5.82 Å². The van der Waals surface area contributed by atoms with Crippen molar-refractivity contribution in [3.05, 3.63) is 59.7 Å². The third kappa shape index (κ3) is 3.74. The van der Waals surface area contributed by atoms with E-state index in [1.165, 1.54) is 12.1 Å². The molecule has 0 atom stereocenters. The zero-order valence-corrected chi connectivity index (χ0v) is 15.5. The largest absolute Gasteiger partial charge is 0.497 e. The molecule has 6 nitrogen and oxygen atoms in total. The summed E-state index contributed by atoms with van der Waals surface area (Å²) in [6.45, 7) is 0.637. The second-order valence-corrected chi connectivity index (χ2v) is 6.66. The molecule has 1 aliphatic rings. The molecule has 28 heavy (non-hydrogen) atoms. The molecule has 2 aromatic carbocycles. The number of methoxy groups -OCH3 is 1. The number of fused-ring (bicyclic) bond motifs is 1. The van der Waals surface area contributed by atoms with Crippen LogP contribution < -0.4 is 9.64 Å². The first kappa shape index (κ1) is 18.2.